The van der Waals surface area contributed by atoms with Crippen molar-refractivity contribution in [3.05, 3.63) is 55.0 Å². The number of hydrogen-bond donors (Lipinski definition) is 0. The number of nitrogens with zero attached hydrogens (tertiary/aromatic N) is 5. The average molecular weight is 321 g/mol. The molecule has 2 heterocycles. The van der Waals surface area contributed by atoms with E-state index in [1.54, 1.807) is 17.3 Å². The van der Waals surface area contributed by atoms with Gasteiger partial charge in [-0.2, -0.15) is 5.10 Å². The zero-order chi connectivity index (χ0) is 16.2. The molecule has 122 valence electrons. The number of ether oxygens (including phenoxy) is 1. The highest BCUT2D eigenvalue weighted by molar-refractivity contribution is 5.37. The molecule has 0 aliphatic heterocycles. The predicted molar refractivity (Wildman–Crippen MR) is 89.3 cm³/mol. The van der Waals surface area contributed by atoms with Gasteiger partial charge in [-0.05, 0) is 37.1 Å². The predicted octanol–water partition coefficient (Wildman–Crippen LogP) is 3.90. The van der Waals surface area contributed by atoms with Crippen LogP contribution in [0.1, 0.15) is 43.7 Å². The maximum atomic E-state index is 5.89. The standard InChI is InChI=1S/C18H19N5O/c1-2-4-14(5-3-1)17-10-18(21-12-20-17)24-16-8-6-15(7-9-16)23-13-19-11-22-23/h6-14H,1-5H2. The molecule has 24 heavy (non-hydrogen) atoms. The largest absolute Gasteiger partial charge is 0.439 e. The van der Waals surface area contributed by atoms with Crippen LogP contribution >= 0.6 is 0 Å². The van der Waals surface area contributed by atoms with E-state index in [0.717, 1.165) is 17.1 Å². The van der Waals surface area contributed by atoms with Crippen LogP contribution in [0.15, 0.2) is 49.3 Å². The van der Waals surface area contributed by atoms with Crippen LogP contribution in [0.2, 0.25) is 0 Å². The van der Waals surface area contributed by atoms with E-state index in [1.165, 1.54) is 38.4 Å². The molecule has 0 saturated heterocycles. The van der Waals surface area contributed by atoms with E-state index >= 15 is 0 Å². The van der Waals surface area contributed by atoms with Gasteiger partial charge in [0.2, 0.25) is 5.88 Å². The van der Waals surface area contributed by atoms with Gasteiger partial charge >= 0.3 is 0 Å². The zero-order valence-electron chi connectivity index (χ0n) is 13.4. The SMILES string of the molecule is c1nc(Oc2ccc(-n3cncn3)cc2)cc(C2CCCCC2)n1. The first-order valence-electron chi connectivity index (χ1n) is 8.33. The van der Waals surface area contributed by atoms with E-state index in [0.29, 0.717) is 11.8 Å². The van der Waals surface area contributed by atoms with Gasteiger partial charge in [0.15, 0.2) is 0 Å². The van der Waals surface area contributed by atoms with Crippen molar-refractivity contribution in [2.24, 2.45) is 0 Å². The molecule has 1 saturated carbocycles. The van der Waals surface area contributed by atoms with E-state index in [4.69, 9.17) is 4.74 Å². The van der Waals surface area contributed by atoms with E-state index < -0.39 is 0 Å². The fraction of sp³-hybridized carbons (Fsp3) is 0.333. The Hall–Kier alpha value is -2.76. The third kappa shape index (κ3) is 3.27. The highest BCUT2D eigenvalue weighted by Gasteiger charge is 2.17. The second-order valence-corrected chi connectivity index (χ2v) is 6.05. The number of aromatic nitrogens is 5. The maximum absolute atomic E-state index is 5.89. The topological polar surface area (TPSA) is 65.7 Å². The highest BCUT2D eigenvalue weighted by Crippen LogP contribution is 2.32. The third-order valence-corrected chi connectivity index (χ3v) is 4.43. The second kappa shape index (κ2) is 6.78. The molecule has 0 radical (unpaired) electrons. The van der Waals surface area contributed by atoms with Gasteiger partial charge in [-0.3, -0.25) is 0 Å². The Labute approximate surface area is 140 Å². The van der Waals surface area contributed by atoms with Crippen LogP contribution in [0.3, 0.4) is 0 Å². The first-order chi connectivity index (χ1) is 11.9. The molecule has 3 aromatic rings. The fourth-order valence-electron chi connectivity index (χ4n) is 3.16. The van der Waals surface area contributed by atoms with Crippen molar-refractivity contribution in [3.63, 3.8) is 0 Å². The molecular formula is C18H19N5O. The summed E-state index contributed by atoms with van der Waals surface area (Å²) in [5.74, 6) is 1.88. The smallest absolute Gasteiger partial charge is 0.222 e. The normalized spacial score (nSPS) is 15.3. The van der Waals surface area contributed by atoms with E-state index in [2.05, 4.69) is 20.1 Å². The van der Waals surface area contributed by atoms with Crippen LogP contribution in [0.4, 0.5) is 0 Å². The minimum atomic E-state index is 0.541. The molecule has 1 aliphatic rings. The maximum Gasteiger partial charge on any atom is 0.222 e. The summed E-state index contributed by atoms with van der Waals surface area (Å²) in [6.07, 6.45) is 11.1. The number of benzene rings is 1. The molecule has 4 rings (SSSR count). The number of hydrogen-bond acceptors (Lipinski definition) is 5. The lowest BCUT2D eigenvalue weighted by atomic mass is 9.87. The molecule has 1 fully saturated rings. The van der Waals surface area contributed by atoms with Crippen LogP contribution in [0.5, 0.6) is 11.6 Å². The molecular weight excluding hydrogens is 302 g/mol. The Bertz CT molecular complexity index is 779. The van der Waals surface area contributed by atoms with E-state index in [-0.39, 0.29) is 0 Å². The summed E-state index contributed by atoms with van der Waals surface area (Å²) in [5.41, 5.74) is 2.03. The van der Waals surface area contributed by atoms with Gasteiger partial charge in [-0.25, -0.2) is 19.6 Å². The van der Waals surface area contributed by atoms with Gasteiger partial charge in [0.05, 0.1) is 11.4 Å². The summed E-state index contributed by atoms with van der Waals surface area (Å²) in [4.78, 5) is 12.6. The van der Waals surface area contributed by atoms with Gasteiger partial charge in [0.25, 0.3) is 0 Å². The lowest BCUT2D eigenvalue weighted by Gasteiger charge is -2.21. The average Bonchev–Trinajstić information content (AvgIpc) is 3.18. The lowest BCUT2D eigenvalue weighted by molar-refractivity contribution is 0.427. The molecule has 0 atom stereocenters. The summed E-state index contributed by atoms with van der Waals surface area (Å²) in [5, 5.41) is 4.11. The number of rotatable bonds is 4. The molecule has 2 aromatic heterocycles. The van der Waals surface area contributed by atoms with Crippen molar-refractivity contribution < 1.29 is 4.74 Å². The van der Waals surface area contributed by atoms with Crippen LogP contribution < -0.4 is 4.74 Å². The summed E-state index contributed by atoms with van der Waals surface area (Å²) < 4.78 is 7.59. The monoisotopic (exact) mass is 321 g/mol. The quantitative estimate of drug-likeness (QED) is 0.729. The minimum absolute atomic E-state index is 0.541. The Morgan fingerprint density at radius 2 is 1.79 bits per heavy atom. The van der Waals surface area contributed by atoms with E-state index in [1.807, 2.05) is 30.3 Å². The molecule has 1 aromatic carbocycles. The molecule has 1 aliphatic carbocycles. The van der Waals surface area contributed by atoms with Crippen molar-refractivity contribution in [2.45, 2.75) is 38.0 Å². The van der Waals surface area contributed by atoms with Crippen molar-refractivity contribution >= 4 is 0 Å². The Kier molecular flexibility index (Phi) is 4.18. The van der Waals surface area contributed by atoms with E-state index in [9.17, 15) is 0 Å². The summed E-state index contributed by atoms with van der Waals surface area (Å²) in [7, 11) is 0. The fourth-order valence-corrected chi connectivity index (χ4v) is 3.16. The van der Waals surface area contributed by atoms with Crippen LogP contribution in [-0.4, -0.2) is 24.7 Å². The van der Waals surface area contributed by atoms with Gasteiger partial charge in [0.1, 0.15) is 24.7 Å². The summed E-state index contributed by atoms with van der Waals surface area (Å²) in [6.45, 7) is 0. The van der Waals surface area contributed by atoms with Crippen LogP contribution in [0.25, 0.3) is 5.69 Å². The molecule has 0 N–H and O–H groups in total. The Balaban J connectivity index is 1.48. The van der Waals surface area contributed by atoms with Crippen molar-refractivity contribution in [2.75, 3.05) is 0 Å². The molecule has 0 amide bonds. The van der Waals surface area contributed by atoms with Crippen molar-refractivity contribution in [1.82, 2.24) is 24.7 Å². The van der Waals surface area contributed by atoms with Crippen LogP contribution in [-0.2, 0) is 0 Å². The van der Waals surface area contributed by atoms with Crippen molar-refractivity contribution in [1.29, 1.82) is 0 Å². The molecule has 6 heteroatoms. The molecule has 0 unspecified atom stereocenters. The first kappa shape index (κ1) is 14.8. The van der Waals surface area contributed by atoms with Gasteiger partial charge in [0, 0.05) is 12.0 Å². The Morgan fingerprint density at radius 1 is 0.958 bits per heavy atom. The molecule has 6 nitrogen and oxygen atoms in total. The summed E-state index contributed by atoms with van der Waals surface area (Å²) >= 11 is 0. The Morgan fingerprint density at radius 3 is 2.54 bits per heavy atom. The lowest BCUT2D eigenvalue weighted by Crippen LogP contribution is -2.07. The zero-order valence-corrected chi connectivity index (χ0v) is 13.4. The van der Waals surface area contributed by atoms with Gasteiger partial charge < -0.3 is 4.74 Å². The molecule has 0 bridgehead atoms. The van der Waals surface area contributed by atoms with Crippen LogP contribution in [0, 0.1) is 0 Å². The highest BCUT2D eigenvalue weighted by atomic mass is 16.5. The second-order valence-electron chi connectivity index (χ2n) is 6.05. The van der Waals surface area contributed by atoms with Gasteiger partial charge in [-0.1, -0.05) is 19.3 Å². The van der Waals surface area contributed by atoms with Crippen molar-refractivity contribution in [3.8, 4) is 17.3 Å². The first-order valence-corrected chi connectivity index (χ1v) is 8.33. The third-order valence-electron chi connectivity index (χ3n) is 4.43. The minimum Gasteiger partial charge on any atom is -0.439 e. The summed E-state index contributed by atoms with van der Waals surface area (Å²) in [6, 6.07) is 9.65. The van der Waals surface area contributed by atoms with Gasteiger partial charge in [-0.15, -0.1) is 0 Å². The molecule has 0 spiro atoms.